The predicted octanol–water partition coefficient (Wildman–Crippen LogP) is 3.27. The number of aliphatic hydroxyl groups excluding tert-OH is 1. The molecule has 3 aromatic rings. The molecule has 0 aliphatic carbocycles. The summed E-state index contributed by atoms with van der Waals surface area (Å²) in [4.78, 5) is 31.1. The van der Waals surface area contributed by atoms with Gasteiger partial charge >= 0.3 is 11.7 Å². The molecule has 1 fully saturated rings. The fourth-order valence-electron chi connectivity index (χ4n) is 4.24. The third kappa shape index (κ3) is 4.24. The van der Waals surface area contributed by atoms with Crippen molar-refractivity contribution in [3.63, 3.8) is 0 Å². The summed E-state index contributed by atoms with van der Waals surface area (Å²) in [6, 6.07) is 3.94. The topological polar surface area (TPSA) is 139 Å². The highest BCUT2D eigenvalue weighted by Crippen LogP contribution is 2.39. The Morgan fingerprint density at radius 1 is 1.30 bits per heavy atom. The first-order chi connectivity index (χ1) is 15.7. The number of carbonyl (C=O) groups excluding carboxylic acids is 1. The van der Waals surface area contributed by atoms with Gasteiger partial charge in [-0.3, -0.25) is 19.5 Å². The highest BCUT2D eigenvalue weighted by Gasteiger charge is 2.39. The molecule has 3 atom stereocenters. The van der Waals surface area contributed by atoms with Gasteiger partial charge in [0.2, 0.25) is 5.88 Å². The fourth-order valence-corrected chi connectivity index (χ4v) is 4.24. The van der Waals surface area contributed by atoms with Crippen molar-refractivity contribution in [3.8, 4) is 11.6 Å². The second-order valence-corrected chi connectivity index (χ2v) is 8.08. The molecule has 11 nitrogen and oxygen atoms in total. The smallest absolute Gasteiger partial charge is 0.313 e. The zero-order valence-electron chi connectivity index (χ0n) is 18.6. The van der Waals surface area contributed by atoms with E-state index in [0.717, 1.165) is 22.9 Å². The second kappa shape index (κ2) is 8.75. The molecule has 0 amide bonds. The molecule has 0 unspecified atom stereocenters. The van der Waals surface area contributed by atoms with Crippen molar-refractivity contribution in [2.75, 3.05) is 6.61 Å². The predicted molar refractivity (Wildman–Crippen MR) is 116 cm³/mol. The maximum Gasteiger partial charge on any atom is 0.313 e. The number of imidazole rings is 1. The number of aryl methyl sites for hydroxylation is 3. The molecular weight excluding hydrogens is 432 g/mol. The third-order valence-electron chi connectivity index (χ3n) is 5.53. The summed E-state index contributed by atoms with van der Waals surface area (Å²) >= 11 is 0. The summed E-state index contributed by atoms with van der Waals surface area (Å²) < 4.78 is 18.6. The van der Waals surface area contributed by atoms with Crippen LogP contribution in [0, 0.1) is 30.9 Å². The van der Waals surface area contributed by atoms with Gasteiger partial charge in [-0.1, -0.05) is 17.7 Å². The largest absolute Gasteiger partial charge is 0.460 e. The summed E-state index contributed by atoms with van der Waals surface area (Å²) in [5, 5.41) is 21.4. The molecule has 1 N–H and O–H groups in total. The zero-order chi connectivity index (χ0) is 23.9. The Morgan fingerprint density at radius 2 is 2.00 bits per heavy atom. The van der Waals surface area contributed by atoms with Crippen molar-refractivity contribution in [2.45, 2.75) is 52.6 Å². The monoisotopic (exact) mass is 456 g/mol. The van der Waals surface area contributed by atoms with Gasteiger partial charge in [0.1, 0.15) is 30.4 Å². The summed E-state index contributed by atoms with van der Waals surface area (Å²) in [5.74, 6) is 0.218. The molecule has 1 aliphatic heterocycles. The van der Waals surface area contributed by atoms with E-state index in [1.807, 2.05) is 32.9 Å². The number of hydrogen-bond donors (Lipinski definition) is 1. The molecular formula is C22H24N4O7. The standard InChI is InChI=1S/C22H24N4O7/c1-11-5-12(2)21(13(3)6-11)33-22-19-20(15(8-23-22)26(29)30)25(10-24-19)18-7-16(31-14(4)28)17(9-27)32-18/h5-6,8,10,16-18,27H,7,9H2,1-4H3/t16-,17+,18+/m0/s1. The van der Waals surface area contributed by atoms with Crippen LogP contribution in [0.15, 0.2) is 24.7 Å². The van der Waals surface area contributed by atoms with Gasteiger partial charge in [0.25, 0.3) is 0 Å². The number of esters is 1. The maximum atomic E-state index is 11.8. The second-order valence-electron chi connectivity index (χ2n) is 8.08. The summed E-state index contributed by atoms with van der Waals surface area (Å²) in [6.45, 7) is 6.70. The van der Waals surface area contributed by atoms with Gasteiger partial charge < -0.3 is 19.3 Å². The molecule has 33 heavy (non-hydrogen) atoms. The molecule has 1 saturated heterocycles. The third-order valence-corrected chi connectivity index (χ3v) is 5.53. The molecule has 0 spiro atoms. The van der Waals surface area contributed by atoms with E-state index in [-0.39, 0.29) is 35.6 Å². The van der Waals surface area contributed by atoms with Crippen LogP contribution in [0.5, 0.6) is 11.6 Å². The first-order valence-corrected chi connectivity index (χ1v) is 10.4. The van der Waals surface area contributed by atoms with Gasteiger partial charge in [0.05, 0.1) is 17.9 Å². The van der Waals surface area contributed by atoms with Crippen molar-refractivity contribution >= 4 is 22.7 Å². The molecule has 4 rings (SSSR count). The Balaban J connectivity index is 1.78. The minimum Gasteiger partial charge on any atom is -0.460 e. The number of nitro groups is 1. The lowest BCUT2D eigenvalue weighted by molar-refractivity contribution is -0.383. The number of carbonyl (C=O) groups is 1. The van der Waals surface area contributed by atoms with E-state index < -0.39 is 29.3 Å². The van der Waals surface area contributed by atoms with E-state index in [9.17, 15) is 20.0 Å². The average Bonchev–Trinajstić information content (AvgIpc) is 3.34. The lowest BCUT2D eigenvalue weighted by Crippen LogP contribution is -2.29. The van der Waals surface area contributed by atoms with Crippen LogP contribution in [-0.4, -0.2) is 49.3 Å². The molecule has 1 aliphatic rings. The first-order valence-electron chi connectivity index (χ1n) is 10.4. The molecule has 2 aromatic heterocycles. The van der Waals surface area contributed by atoms with Gasteiger partial charge in [0.15, 0.2) is 11.0 Å². The van der Waals surface area contributed by atoms with Crippen LogP contribution in [0.3, 0.4) is 0 Å². The Morgan fingerprint density at radius 3 is 2.61 bits per heavy atom. The van der Waals surface area contributed by atoms with Crippen LogP contribution in [0.1, 0.15) is 36.3 Å². The number of hydrogen-bond acceptors (Lipinski definition) is 9. The number of ether oxygens (including phenoxy) is 3. The minimum atomic E-state index is -0.758. The molecule has 11 heteroatoms. The lowest BCUT2D eigenvalue weighted by atomic mass is 10.1. The van der Waals surface area contributed by atoms with E-state index in [0.29, 0.717) is 5.75 Å². The van der Waals surface area contributed by atoms with E-state index >= 15 is 0 Å². The summed E-state index contributed by atoms with van der Waals surface area (Å²) in [6.07, 6.45) is 0.526. The van der Waals surface area contributed by atoms with Crippen molar-refractivity contribution in [2.24, 2.45) is 0 Å². The van der Waals surface area contributed by atoms with Gasteiger partial charge in [-0.2, -0.15) is 0 Å². The van der Waals surface area contributed by atoms with Gasteiger partial charge in [-0.05, 0) is 31.9 Å². The molecule has 0 saturated carbocycles. The van der Waals surface area contributed by atoms with Gasteiger partial charge in [-0.15, -0.1) is 0 Å². The maximum absolute atomic E-state index is 11.8. The fraction of sp³-hybridized carbons (Fsp3) is 0.409. The number of nitrogens with zero attached hydrogens (tertiary/aromatic N) is 4. The van der Waals surface area contributed by atoms with Crippen LogP contribution in [0.25, 0.3) is 11.0 Å². The highest BCUT2D eigenvalue weighted by molar-refractivity contribution is 5.88. The highest BCUT2D eigenvalue weighted by atomic mass is 16.6. The van der Waals surface area contributed by atoms with E-state index in [4.69, 9.17) is 14.2 Å². The van der Waals surface area contributed by atoms with Crippen LogP contribution >= 0.6 is 0 Å². The van der Waals surface area contributed by atoms with Crippen molar-refractivity contribution < 1.29 is 29.0 Å². The Hall–Kier alpha value is -3.57. The molecule has 174 valence electrons. The Labute approximate surface area is 189 Å². The number of benzene rings is 1. The number of pyridine rings is 1. The van der Waals surface area contributed by atoms with Crippen LogP contribution < -0.4 is 4.74 Å². The molecule has 1 aromatic carbocycles. The van der Waals surface area contributed by atoms with E-state index in [1.54, 1.807) is 0 Å². The first kappa shape index (κ1) is 22.6. The molecule has 3 heterocycles. The summed E-state index contributed by atoms with van der Waals surface area (Å²) in [5.41, 5.74) is 2.97. The quantitative estimate of drug-likeness (QED) is 0.336. The summed E-state index contributed by atoms with van der Waals surface area (Å²) in [7, 11) is 0. The Bertz CT molecular complexity index is 1220. The minimum absolute atomic E-state index is 0.123. The number of rotatable bonds is 6. The van der Waals surface area contributed by atoms with Crippen LogP contribution in [0.4, 0.5) is 5.69 Å². The average molecular weight is 456 g/mol. The van der Waals surface area contributed by atoms with Crippen LogP contribution in [-0.2, 0) is 14.3 Å². The van der Waals surface area contributed by atoms with Crippen molar-refractivity contribution in [1.82, 2.24) is 14.5 Å². The van der Waals surface area contributed by atoms with Crippen LogP contribution in [0.2, 0.25) is 0 Å². The van der Waals surface area contributed by atoms with Gasteiger partial charge in [-0.25, -0.2) is 9.97 Å². The van der Waals surface area contributed by atoms with E-state index in [2.05, 4.69) is 9.97 Å². The number of aliphatic hydroxyl groups is 1. The zero-order valence-corrected chi connectivity index (χ0v) is 18.6. The van der Waals surface area contributed by atoms with Gasteiger partial charge in [0, 0.05) is 13.3 Å². The number of fused-ring (bicyclic) bond motifs is 1. The van der Waals surface area contributed by atoms with E-state index in [1.165, 1.54) is 17.8 Å². The SMILES string of the molecule is CC(=O)O[C@H]1C[C@H](n2cnc3c(Oc4c(C)cc(C)cc4C)ncc([N+](=O)[O-])c32)O[C@@H]1CO. The normalized spacial score (nSPS) is 20.2. The Kier molecular flexibility index (Phi) is 6.00. The molecule has 0 radical (unpaired) electrons. The molecule has 0 bridgehead atoms. The lowest BCUT2D eigenvalue weighted by Gasteiger charge is -2.15. The number of aromatic nitrogens is 3. The van der Waals surface area contributed by atoms with Crippen molar-refractivity contribution in [3.05, 3.63) is 51.5 Å². The van der Waals surface area contributed by atoms with Crippen molar-refractivity contribution in [1.29, 1.82) is 0 Å².